The number of ether oxygens (including phenoxy) is 2. The Hall–Kier alpha value is -3.87. The van der Waals surface area contributed by atoms with Crippen LogP contribution in [0.15, 0.2) is 36.4 Å². The molecule has 4 atom stereocenters. The van der Waals surface area contributed by atoms with Gasteiger partial charge < -0.3 is 20.5 Å². The summed E-state index contributed by atoms with van der Waals surface area (Å²) in [6.45, 7) is 11.5. The van der Waals surface area contributed by atoms with E-state index in [0.29, 0.717) is 39.1 Å². The van der Waals surface area contributed by atoms with Gasteiger partial charge in [-0.3, -0.25) is 29.3 Å². The summed E-state index contributed by atoms with van der Waals surface area (Å²) in [7, 11) is 0. The molecule has 0 radical (unpaired) electrons. The molecule has 3 heterocycles. The SMILES string of the molecule is CCc1ccc2ccc(/C=C/C3(C(=O)OC(C(=O)NC(C)C(=O)N4CCCC(C(N)=O)N4)C(C)C)CN(CC)CCO3)cc2n1. The van der Waals surface area contributed by atoms with E-state index in [0.717, 1.165) is 28.6 Å². The second-order valence-electron chi connectivity index (χ2n) is 12.1. The number of carbonyl (C=O) groups excluding carboxylic acids is 4. The van der Waals surface area contributed by atoms with Gasteiger partial charge in [0.2, 0.25) is 5.91 Å². The largest absolute Gasteiger partial charge is 0.450 e. The van der Waals surface area contributed by atoms with Crippen LogP contribution in [0.2, 0.25) is 0 Å². The Labute approximate surface area is 264 Å². The standard InChI is InChI=1S/C33H46N6O6/c1-6-25-13-12-24-11-10-23(19-27(24)36-25)14-15-33(20-38(7-2)17-18-44-33)32(43)45-28(21(3)4)30(41)35-22(5)31(42)39-16-8-9-26(37-39)29(34)40/h10-15,19,21-22,26,28,37H,6-9,16-18,20H2,1-5H3,(H2,34,40)(H,35,41)/b15-14+. The smallest absolute Gasteiger partial charge is 0.344 e. The number of likely N-dealkylation sites (N-methyl/N-ethyl adjacent to an activating group) is 1. The van der Waals surface area contributed by atoms with E-state index in [4.69, 9.17) is 20.2 Å². The number of hydrogen-bond acceptors (Lipinski definition) is 9. The van der Waals surface area contributed by atoms with E-state index in [1.54, 1.807) is 26.8 Å². The van der Waals surface area contributed by atoms with Crippen LogP contribution < -0.4 is 16.5 Å². The van der Waals surface area contributed by atoms with Gasteiger partial charge in [0.05, 0.1) is 12.1 Å². The molecule has 244 valence electrons. The molecule has 12 nitrogen and oxygen atoms in total. The van der Waals surface area contributed by atoms with Crippen LogP contribution in [-0.2, 0) is 35.1 Å². The number of pyridine rings is 1. The van der Waals surface area contributed by atoms with Crippen molar-refractivity contribution in [1.29, 1.82) is 0 Å². The molecule has 0 bridgehead atoms. The maximum Gasteiger partial charge on any atom is 0.344 e. The number of morpholine rings is 1. The molecule has 2 aliphatic heterocycles. The lowest BCUT2D eigenvalue weighted by Gasteiger charge is -2.39. The quantitative estimate of drug-likeness (QED) is 0.319. The normalized spacial score (nSPS) is 22.4. The van der Waals surface area contributed by atoms with Gasteiger partial charge >= 0.3 is 5.97 Å². The van der Waals surface area contributed by atoms with Gasteiger partial charge in [-0.05, 0) is 62.4 Å². The summed E-state index contributed by atoms with van der Waals surface area (Å²) in [5.41, 5.74) is 9.49. The molecule has 4 rings (SSSR count). The van der Waals surface area contributed by atoms with Crippen LogP contribution in [0.1, 0.15) is 58.7 Å². The molecule has 12 heteroatoms. The van der Waals surface area contributed by atoms with E-state index >= 15 is 0 Å². The number of esters is 1. The molecule has 0 aliphatic carbocycles. The summed E-state index contributed by atoms with van der Waals surface area (Å²) in [4.78, 5) is 58.9. The molecule has 0 spiro atoms. The number of primary amides is 1. The maximum atomic E-state index is 13.9. The highest BCUT2D eigenvalue weighted by atomic mass is 16.6. The van der Waals surface area contributed by atoms with Crippen LogP contribution in [0.25, 0.3) is 17.0 Å². The number of aryl methyl sites for hydroxylation is 1. The van der Waals surface area contributed by atoms with Crippen molar-refractivity contribution < 1.29 is 28.7 Å². The average molecular weight is 623 g/mol. The van der Waals surface area contributed by atoms with Gasteiger partial charge in [-0.1, -0.05) is 52.0 Å². The molecule has 2 aromatic rings. The highest BCUT2D eigenvalue weighted by Crippen LogP contribution is 2.26. The summed E-state index contributed by atoms with van der Waals surface area (Å²) in [6, 6.07) is 8.37. The van der Waals surface area contributed by atoms with Gasteiger partial charge in [-0.2, -0.15) is 0 Å². The zero-order chi connectivity index (χ0) is 32.7. The maximum absolute atomic E-state index is 13.9. The molecular weight excluding hydrogens is 576 g/mol. The van der Waals surface area contributed by atoms with Crippen molar-refractivity contribution in [3.8, 4) is 0 Å². The van der Waals surface area contributed by atoms with E-state index in [9.17, 15) is 19.2 Å². The van der Waals surface area contributed by atoms with Crippen LogP contribution in [0.5, 0.6) is 0 Å². The van der Waals surface area contributed by atoms with Crippen molar-refractivity contribution in [3.05, 3.63) is 47.7 Å². The third-order valence-electron chi connectivity index (χ3n) is 8.32. The molecule has 0 saturated carbocycles. The molecule has 2 fully saturated rings. The Morgan fingerprint density at radius 1 is 1.18 bits per heavy atom. The predicted octanol–water partition coefficient (Wildman–Crippen LogP) is 1.95. The minimum atomic E-state index is -1.45. The number of nitrogens with two attached hydrogens (primary N) is 1. The summed E-state index contributed by atoms with van der Waals surface area (Å²) >= 11 is 0. The summed E-state index contributed by atoms with van der Waals surface area (Å²) in [6.07, 6.45) is 4.31. The first-order chi connectivity index (χ1) is 21.5. The fraction of sp³-hybridized carbons (Fsp3) is 0.545. The lowest BCUT2D eigenvalue weighted by Crippen LogP contribution is -2.61. The fourth-order valence-corrected chi connectivity index (χ4v) is 5.53. The first-order valence-electron chi connectivity index (χ1n) is 15.8. The van der Waals surface area contributed by atoms with Gasteiger partial charge in [0.25, 0.3) is 11.8 Å². The van der Waals surface area contributed by atoms with Gasteiger partial charge in [0.15, 0.2) is 11.7 Å². The number of benzene rings is 1. The Bertz CT molecular complexity index is 1430. The van der Waals surface area contributed by atoms with Crippen LogP contribution >= 0.6 is 0 Å². The molecule has 4 N–H and O–H groups in total. The van der Waals surface area contributed by atoms with E-state index in [2.05, 4.69) is 22.6 Å². The molecule has 1 aromatic heterocycles. The van der Waals surface area contributed by atoms with Gasteiger partial charge in [0.1, 0.15) is 12.1 Å². The van der Waals surface area contributed by atoms with Gasteiger partial charge in [-0.15, -0.1) is 0 Å². The highest BCUT2D eigenvalue weighted by molar-refractivity contribution is 5.92. The third kappa shape index (κ3) is 8.24. The Morgan fingerprint density at radius 2 is 1.93 bits per heavy atom. The highest BCUT2D eigenvalue weighted by Gasteiger charge is 2.45. The Morgan fingerprint density at radius 3 is 2.62 bits per heavy atom. The summed E-state index contributed by atoms with van der Waals surface area (Å²) in [5.74, 6) is -2.65. The Kier molecular flexibility index (Phi) is 11.3. The van der Waals surface area contributed by atoms with Crippen LogP contribution in [0.3, 0.4) is 0 Å². The molecule has 3 amide bonds. The summed E-state index contributed by atoms with van der Waals surface area (Å²) in [5, 5.41) is 5.01. The molecule has 4 unspecified atom stereocenters. The average Bonchev–Trinajstić information content (AvgIpc) is 3.05. The van der Waals surface area contributed by atoms with Crippen molar-refractivity contribution in [2.45, 2.75) is 77.7 Å². The lowest BCUT2D eigenvalue weighted by molar-refractivity contribution is -0.184. The predicted molar refractivity (Wildman–Crippen MR) is 170 cm³/mol. The van der Waals surface area contributed by atoms with Crippen molar-refractivity contribution >= 4 is 40.7 Å². The minimum Gasteiger partial charge on any atom is -0.450 e. The number of carbonyl (C=O) groups is 4. The topological polar surface area (TPSA) is 156 Å². The second-order valence-corrected chi connectivity index (χ2v) is 12.1. The van der Waals surface area contributed by atoms with Crippen LogP contribution in [0, 0.1) is 5.92 Å². The van der Waals surface area contributed by atoms with E-state index < -0.39 is 53.4 Å². The fourth-order valence-electron chi connectivity index (χ4n) is 5.53. The number of nitrogens with one attached hydrogen (secondary N) is 2. The van der Waals surface area contributed by atoms with Crippen molar-refractivity contribution in [2.24, 2.45) is 11.7 Å². The van der Waals surface area contributed by atoms with Gasteiger partial charge in [0, 0.05) is 30.7 Å². The van der Waals surface area contributed by atoms with Crippen molar-refractivity contribution in [2.75, 3.05) is 32.8 Å². The number of hydrogen-bond donors (Lipinski definition) is 3. The van der Waals surface area contributed by atoms with Crippen LogP contribution in [0.4, 0.5) is 0 Å². The number of rotatable bonds is 11. The first kappa shape index (κ1) is 34.0. The lowest BCUT2D eigenvalue weighted by atomic mass is 9.98. The van der Waals surface area contributed by atoms with Crippen molar-refractivity contribution in [1.82, 2.24) is 25.6 Å². The third-order valence-corrected chi connectivity index (χ3v) is 8.32. The van der Waals surface area contributed by atoms with E-state index in [1.807, 2.05) is 43.3 Å². The monoisotopic (exact) mass is 622 g/mol. The zero-order valence-corrected chi connectivity index (χ0v) is 26.9. The van der Waals surface area contributed by atoms with E-state index in [-0.39, 0.29) is 6.54 Å². The number of fused-ring (bicyclic) bond motifs is 1. The number of hydrazine groups is 1. The van der Waals surface area contributed by atoms with Gasteiger partial charge in [-0.25, -0.2) is 10.2 Å². The van der Waals surface area contributed by atoms with Crippen molar-refractivity contribution in [3.63, 3.8) is 0 Å². The molecule has 45 heavy (non-hydrogen) atoms. The molecule has 1 aromatic carbocycles. The van der Waals surface area contributed by atoms with E-state index in [1.165, 1.54) is 5.01 Å². The molecule has 2 saturated heterocycles. The molecule has 2 aliphatic rings. The Balaban J connectivity index is 1.51. The number of nitrogens with zero attached hydrogens (tertiary/aromatic N) is 3. The first-order valence-corrected chi connectivity index (χ1v) is 15.8. The zero-order valence-electron chi connectivity index (χ0n) is 26.9. The number of amides is 3. The summed E-state index contributed by atoms with van der Waals surface area (Å²) < 4.78 is 12.0. The second kappa shape index (κ2) is 14.9. The number of aromatic nitrogens is 1. The minimum absolute atomic E-state index is 0.258. The van der Waals surface area contributed by atoms with Crippen LogP contribution in [-0.4, -0.2) is 95.2 Å². The molecular formula is C33H46N6O6.